The number of carbonyl (C=O) groups is 1. The molecular weight excluding hydrogens is 308 g/mol. The highest BCUT2D eigenvalue weighted by Gasteiger charge is 2.31. The SMILES string of the molecule is Cc1ccc(-c2csc(N[C@H]3OC(=O)c4c#cccc43)n2)cc1. The van der Waals surface area contributed by atoms with E-state index in [1.807, 2.05) is 23.6 Å². The summed E-state index contributed by atoms with van der Waals surface area (Å²) in [5, 5.41) is 5.85. The lowest BCUT2D eigenvalue weighted by atomic mass is 10.1. The van der Waals surface area contributed by atoms with Gasteiger partial charge in [0.1, 0.15) is 5.56 Å². The highest BCUT2D eigenvalue weighted by molar-refractivity contribution is 7.14. The van der Waals surface area contributed by atoms with E-state index in [1.54, 1.807) is 6.07 Å². The molecule has 5 heteroatoms. The Kier molecular flexibility index (Phi) is 3.25. The van der Waals surface area contributed by atoms with Gasteiger partial charge in [-0.3, -0.25) is 0 Å². The number of fused-ring (bicyclic) bond motifs is 1. The Balaban J connectivity index is 1.57. The number of rotatable bonds is 3. The molecule has 1 N–H and O–H groups in total. The van der Waals surface area contributed by atoms with Crippen LogP contribution in [0.4, 0.5) is 5.13 Å². The van der Waals surface area contributed by atoms with E-state index >= 15 is 0 Å². The number of carbonyl (C=O) groups excluding carboxylic acids is 1. The van der Waals surface area contributed by atoms with Gasteiger partial charge in [0.05, 0.1) is 5.69 Å². The van der Waals surface area contributed by atoms with Crippen LogP contribution in [-0.4, -0.2) is 11.0 Å². The van der Waals surface area contributed by atoms with Gasteiger partial charge in [0.15, 0.2) is 5.13 Å². The summed E-state index contributed by atoms with van der Waals surface area (Å²) in [6, 6.07) is 17.3. The normalized spacial score (nSPS) is 15.7. The zero-order valence-corrected chi connectivity index (χ0v) is 13.1. The number of aromatic nitrogens is 1. The highest BCUT2D eigenvalue weighted by Crippen LogP contribution is 2.32. The van der Waals surface area contributed by atoms with Gasteiger partial charge in [0.25, 0.3) is 0 Å². The Hall–Kier alpha value is -2.84. The molecular formula is C18H12N2O2S. The van der Waals surface area contributed by atoms with Crippen molar-refractivity contribution >= 4 is 22.4 Å². The number of aryl methyl sites for hydroxylation is 1. The van der Waals surface area contributed by atoms with Crippen LogP contribution < -0.4 is 5.32 Å². The summed E-state index contributed by atoms with van der Waals surface area (Å²) in [7, 11) is 0. The molecule has 1 aliphatic heterocycles. The third-order valence-electron chi connectivity index (χ3n) is 3.65. The predicted octanol–water partition coefficient (Wildman–Crippen LogP) is 4.00. The quantitative estimate of drug-likeness (QED) is 0.741. The van der Waals surface area contributed by atoms with Crippen molar-refractivity contribution in [3.05, 3.63) is 70.6 Å². The number of nitrogens with one attached hydrogen (secondary N) is 1. The molecule has 0 aliphatic carbocycles. The van der Waals surface area contributed by atoms with E-state index in [4.69, 9.17) is 4.74 Å². The molecule has 23 heavy (non-hydrogen) atoms. The molecule has 2 aromatic carbocycles. The van der Waals surface area contributed by atoms with Gasteiger partial charge in [-0.25, -0.2) is 9.78 Å². The smallest absolute Gasteiger partial charge is 0.349 e. The molecule has 1 aromatic heterocycles. The van der Waals surface area contributed by atoms with Crippen molar-refractivity contribution in [2.24, 2.45) is 0 Å². The van der Waals surface area contributed by atoms with E-state index in [1.165, 1.54) is 16.9 Å². The minimum atomic E-state index is -0.527. The van der Waals surface area contributed by atoms with Crippen molar-refractivity contribution in [3.8, 4) is 11.3 Å². The van der Waals surface area contributed by atoms with E-state index in [-0.39, 0.29) is 5.97 Å². The number of hydrogen-bond acceptors (Lipinski definition) is 5. The second-order valence-corrected chi connectivity index (χ2v) is 6.12. The minimum Gasteiger partial charge on any atom is -0.433 e. The van der Waals surface area contributed by atoms with Gasteiger partial charge in [-0.15, -0.1) is 11.3 Å². The maximum atomic E-state index is 11.8. The summed E-state index contributed by atoms with van der Waals surface area (Å²) in [5.74, 6) is -0.385. The summed E-state index contributed by atoms with van der Waals surface area (Å²) in [5.41, 5.74) is 4.37. The van der Waals surface area contributed by atoms with Gasteiger partial charge < -0.3 is 10.1 Å². The topological polar surface area (TPSA) is 51.2 Å². The lowest BCUT2D eigenvalue weighted by Crippen LogP contribution is -2.09. The van der Waals surface area contributed by atoms with Gasteiger partial charge in [-0.1, -0.05) is 42.0 Å². The van der Waals surface area contributed by atoms with Gasteiger partial charge in [0, 0.05) is 16.5 Å². The number of anilines is 1. The standard InChI is InChI=1S/C18H12N2O2S/c1-11-6-8-12(9-7-11)15-10-23-18(19-15)20-16-13-4-2-3-5-14(13)17(21)22-16/h2,4,6-10,16H,1H3,(H,19,20)/t16-/m0/s1. The molecule has 0 unspecified atom stereocenters. The minimum absolute atomic E-state index is 0.385. The first-order valence-electron chi connectivity index (χ1n) is 7.13. The van der Waals surface area contributed by atoms with Crippen LogP contribution >= 0.6 is 11.3 Å². The largest absolute Gasteiger partial charge is 0.433 e. The number of hydrogen-bond donors (Lipinski definition) is 1. The summed E-state index contributed by atoms with van der Waals surface area (Å²) in [4.78, 5) is 16.4. The van der Waals surface area contributed by atoms with Crippen molar-refractivity contribution in [1.29, 1.82) is 0 Å². The number of cyclic esters (lactones) is 1. The first-order valence-corrected chi connectivity index (χ1v) is 8.01. The third-order valence-corrected chi connectivity index (χ3v) is 4.42. The fourth-order valence-corrected chi connectivity index (χ4v) is 3.17. The van der Waals surface area contributed by atoms with Gasteiger partial charge >= 0.3 is 5.97 Å². The number of nitrogens with zero attached hydrogens (tertiary/aromatic N) is 1. The Morgan fingerprint density at radius 3 is 2.91 bits per heavy atom. The fourth-order valence-electron chi connectivity index (χ4n) is 2.43. The molecule has 3 aromatic rings. The average Bonchev–Trinajstić information content (AvgIpc) is 3.15. The maximum absolute atomic E-state index is 11.8. The van der Waals surface area contributed by atoms with Crippen LogP contribution in [0.25, 0.3) is 11.3 Å². The van der Waals surface area contributed by atoms with E-state index in [2.05, 4.69) is 41.5 Å². The maximum Gasteiger partial charge on any atom is 0.349 e. The van der Waals surface area contributed by atoms with Crippen molar-refractivity contribution in [2.45, 2.75) is 13.2 Å². The van der Waals surface area contributed by atoms with Crippen LogP contribution in [-0.2, 0) is 4.74 Å². The lowest BCUT2D eigenvalue weighted by Gasteiger charge is -2.11. The second kappa shape index (κ2) is 5.41. The lowest BCUT2D eigenvalue weighted by molar-refractivity contribution is 0.0437. The number of thiazole rings is 1. The third kappa shape index (κ3) is 2.54. The molecule has 4 rings (SSSR count). The summed E-state index contributed by atoms with van der Waals surface area (Å²) >= 11 is 1.48. The molecule has 0 saturated heterocycles. The molecule has 4 nitrogen and oxygen atoms in total. The number of ether oxygens (including phenoxy) is 1. The Labute approximate surface area is 137 Å². The molecule has 0 spiro atoms. The monoisotopic (exact) mass is 320 g/mol. The van der Waals surface area contributed by atoms with E-state index in [0.717, 1.165) is 16.8 Å². The summed E-state index contributed by atoms with van der Waals surface area (Å²) < 4.78 is 5.33. The van der Waals surface area contributed by atoms with Crippen LogP contribution in [0.15, 0.2) is 41.8 Å². The Bertz CT molecular complexity index is 871. The Morgan fingerprint density at radius 2 is 2.09 bits per heavy atom. The molecule has 1 atom stereocenters. The molecule has 112 valence electrons. The molecule has 2 heterocycles. The number of esters is 1. The van der Waals surface area contributed by atoms with Crippen molar-refractivity contribution in [3.63, 3.8) is 0 Å². The van der Waals surface area contributed by atoms with Crippen molar-refractivity contribution in [1.82, 2.24) is 4.98 Å². The van der Waals surface area contributed by atoms with Crippen molar-refractivity contribution < 1.29 is 9.53 Å². The Morgan fingerprint density at radius 1 is 1.26 bits per heavy atom. The van der Waals surface area contributed by atoms with Gasteiger partial charge in [-0.05, 0) is 19.1 Å². The molecule has 0 bridgehead atoms. The molecule has 0 radical (unpaired) electrons. The van der Waals surface area contributed by atoms with Crippen LogP contribution in [0.3, 0.4) is 0 Å². The van der Waals surface area contributed by atoms with Crippen LogP contribution in [0, 0.1) is 19.1 Å². The van der Waals surface area contributed by atoms with Crippen LogP contribution in [0.1, 0.15) is 27.7 Å². The number of benzene rings is 1. The van der Waals surface area contributed by atoms with Crippen molar-refractivity contribution in [2.75, 3.05) is 5.32 Å². The molecule has 0 saturated carbocycles. The second-order valence-electron chi connectivity index (χ2n) is 5.27. The zero-order chi connectivity index (χ0) is 15.8. The predicted molar refractivity (Wildman–Crippen MR) is 88.2 cm³/mol. The first-order chi connectivity index (χ1) is 11.2. The van der Waals surface area contributed by atoms with E-state index in [9.17, 15) is 4.79 Å². The van der Waals surface area contributed by atoms with Gasteiger partial charge in [0.2, 0.25) is 6.23 Å². The van der Waals surface area contributed by atoms with E-state index < -0.39 is 6.23 Å². The molecule has 0 amide bonds. The van der Waals surface area contributed by atoms with Crippen LogP contribution in [0.5, 0.6) is 0 Å². The average molecular weight is 320 g/mol. The van der Waals surface area contributed by atoms with Gasteiger partial charge in [-0.2, -0.15) is 0 Å². The van der Waals surface area contributed by atoms with E-state index in [0.29, 0.717) is 10.7 Å². The van der Waals surface area contributed by atoms with Crippen LogP contribution in [0.2, 0.25) is 0 Å². The molecule has 1 aliphatic rings. The fraction of sp³-hybridized carbons (Fsp3) is 0.111. The summed E-state index contributed by atoms with van der Waals surface area (Å²) in [6.45, 7) is 2.05. The first kappa shape index (κ1) is 13.8. The molecule has 0 fully saturated rings. The zero-order valence-electron chi connectivity index (χ0n) is 12.3. The highest BCUT2D eigenvalue weighted by atomic mass is 32.1. The summed E-state index contributed by atoms with van der Waals surface area (Å²) in [6.07, 6.45) is -0.527.